The molecule has 106 valence electrons. The molecule has 0 radical (unpaired) electrons. The summed E-state index contributed by atoms with van der Waals surface area (Å²) in [5, 5.41) is 0. The zero-order valence-electron chi connectivity index (χ0n) is 11.9. The highest BCUT2D eigenvalue weighted by Gasteiger charge is 2.38. The van der Waals surface area contributed by atoms with E-state index in [0.717, 1.165) is 42.7 Å². The molecule has 1 atom stereocenters. The van der Waals surface area contributed by atoms with Gasteiger partial charge in [0.15, 0.2) is 0 Å². The number of hydrogen-bond donors (Lipinski definition) is 0. The minimum Gasteiger partial charge on any atom is -0.376 e. The van der Waals surface area contributed by atoms with Gasteiger partial charge in [0.1, 0.15) is 0 Å². The van der Waals surface area contributed by atoms with Gasteiger partial charge in [-0.3, -0.25) is 9.59 Å². The van der Waals surface area contributed by atoms with Crippen molar-refractivity contribution in [2.75, 3.05) is 18.1 Å². The average Bonchev–Trinajstić information content (AvgIpc) is 2.65. The van der Waals surface area contributed by atoms with Gasteiger partial charge in [-0.15, -0.1) is 0 Å². The summed E-state index contributed by atoms with van der Waals surface area (Å²) in [4.78, 5) is 26.0. The number of ketones is 1. The summed E-state index contributed by atoms with van der Waals surface area (Å²) >= 11 is 0. The quantitative estimate of drug-likeness (QED) is 0.777. The topological polar surface area (TPSA) is 46.6 Å². The number of nitrogens with zero attached hydrogens (tertiary/aromatic N) is 1. The molecule has 1 saturated heterocycles. The van der Waals surface area contributed by atoms with Crippen LogP contribution in [0.5, 0.6) is 0 Å². The van der Waals surface area contributed by atoms with Crippen LogP contribution in [0.4, 0.5) is 5.69 Å². The first kappa shape index (κ1) is 13.3. The Hall–Kier alpha value is -1.68. The third kappa shape index (κ3) is 2.14. The van der Waals surface area contributed by atoms with E-state index in [2.05, 4.69) is 0 Å². The molecule has 20 heavy (non-hydrogen) atoms. The molecule has 2 heterocycles. The molecule has 2 aliphatic rings. The second kappa shape index (κ2) is 5.02. The minimum absolute atomic E-state index is 0.0483. The highest BCUT2D eigenvalue weighted by Crippen LogP contribution is 2.34. The summed E-state index contributed by atoms with van der Waals surface area (Å²) in [7, 11) is 0. The Kier molecular flexibility index (Phi) is 3.34. The molecule has 0 unspecified atom stereocenters. The predicted molar refractivity (Wildman–Crippen MR) is 76.2 cm³/mol. The molecule has 4 nitrogen and oxygen atoms in total. The van der Waals surface area contributed by atoms with Crippen molar-refractivity contribution >= 4 is 17.4 Å². The number of aryl methyl sites for hydroxylation is 2. The van der Waals surface area contributed by atoms with Crippen molar-refractivity contribution < 1.29 is 14.3 Å². The van der Waals surface area contributed by atoms with Crippen LogP contribution in [0.15, 0.2) is 12.1 Å². The zero-order chi connectivity index (χ0) is 14.3. The number of anilines is 1. The standard InChI is InChI=1S/C16H19NO3/c1-10-7-11(2)14-13(8-10)15(18)16(19)17(14)9-12-5-3-4-6-20-12/h7-8,12H,3-6,9H2,1-2H3/t12-/m0/s1. The summed E-state index contributed by atoms with van der Waals surface area (Å²) in [6.45, 7) is 5.13. The van der Waals surface area contributed by atoms with Crippen molar-refractivity contribution in [3.63, 3.8) is 0 Å². The number of fused-ring (bicyclic) bond motifs is 1. The number of ether oxygens (including phenoxy) is 1. The molecule has 0 saturated carbocycles. The van der Waals surface area contributed by atoms with Gasteiger partial charge < -0.3 is 9.64 Å². The van der Waals surface area contributed by atoms with Crippen molar-refractivity contribution in [3.8, 4) is 0 Å². The molecule has 0 bridgehead atoms. The van der Waals surface area contributed by atoms with Crippen molar-refractivity contribution in [2.45, 2.75) is 39.2 Å². The monoisotopic (exact) mass is 273 g/mol. The van der Waals surface area contributed by atoms with Gasteiger partial charge in [-0.2, -0.15) is 0 Å². The van der Waals surface area contributed by atoms with E-state index < -0.39 is 5.91 Å². The van der Waals surface area contributed by atoms with E-state index >= 15 is 0 Å². The molecule has 0 N–H and O–H groups in total. The van der Waals surface area contributed by atoms with E-state index in [9.17, 15) is 9.59 Å². The number of rotatable bonds is 2. The summed E-state index contributed by atoms with van der Waals surface area (Å²) in [6, 6.07) is 3.82. The van der Waals surface area contributed by atoms with Crippen LogP contribution in [0.2, 0.25) is 0 Å². The van der Waals surface area contributed by atoms with Crippen LogP contribution in [-0.4, -0.2) is 30.9 Å². The maximum absolute atomic E-state index is 12.2. The first-order valence-electron chi connectivity index (χ1n) is 7.17. The molecule has 2 aliphatic heterocycles. The Bertz CT molecular complexity index is 573. The van der Waals surface area contributed by atoms with E-state index in [1.807, 2.05) is 26.0 Å². The van der Waals surface area contributed by atoms with E-state index in [1.54, 1.807) is 4.90 Å². The van der Waals surface area contributed by atoms with Crippen molar-refractivity contribution in [1.29, 1.82) is 0 Å². The molecular weight excluding hydrogens is 254 g/mol. The van der Waals surface area contributed by atoms with Crippen molar-refractivity contribution in [1.82, 2.24) is 0 Å². The Morgan fingerprint density at radius 3 is 2.75 bits per heavy atom. The molecule has 1 aromatic rings. The smallest absolute Gasteiger partial charge is 0.299 e. The van der Waals surface area contributed by atoms with Gasteiger partial charge in [0.05, 0.1) is 23.9 Å². The van der Waals surface area contributed by atoms with Gasteiger partial charge in [-0.1, -0.05) is 6.07 Å². The van der Waals surface area contributed by atoms with Gasteiger partial charge in [-0.05, 0) is 50.3 Å². The zero-order valence-corrected chi connectivity index (χ0v) is 11.9. The van der Waals surface area contributed by atoms with E-state index in [1.165, 1.54) is 0 Å². The normalized spacial score (nSPS) is 22.3. The highest BCUT2D eigenvalue weighted by molar-refractivity contribution is 6.52. The van der Waals surface area contributed by atoms with E-state index in [0.29, 0.717) is 12.1 Å². The Morgan fingerprint density at radius 2 is 2.05 bits per heavy atom. The number of Topliss-reactive ketones (excluding diaryl/α,β-unsaturated/α-hetero) is 1. The van der Waals surface area contributed by atoms with Gasteiger partial charge in [-0.25, -0.2) is 0 Å². The molecule has 0 aromatic heterocycles. The van der Waals surface area contributed by atoms with Crippen molar-refractivity contribution in [2.24, 2.45) is 0 Å². The third-order valence-electron chi connectivity index (χ3n) is 4.06. The molecule has 1 fully saturated rings. The van der Waals surface area contributed by atoms with Gasteiger partial charge in [0.25, 0.3) is 11.7 Å². The second-order valence-electron chi connectivity index (χ2n) is 5.71. The number of hydrogen-bond acceptors (Lipinski definition) is 3. The summed E-state index contributed by atoms with van der Waals surface area (Å²) in [5.41, 5.74) is 3.32. The fourth-order valence-electron chi connectivity index (χ4n) is 3.16. The van der Waals surface area contributed by atoms with Crippen LogP contribution in [0.1, 0.15) is 40.7 Å². The fourth-order valence-corrected chi connectivity index (χ4v) is 3.16. The van der Waals surface area contributed by atoms with Gasteiger partial charge >= 0.3 is 0 Å². The molecular formula is C16H19NO3. The predicted octanol–water partition coefficient (Wildman–Crippen LogP) is 2.40. The van der Waals surface area contributed by atoms with Gasteiger partial charge in [0, 0.05) is 6.61 Å². The van der Waals surface area contributed by atoms with Crippen LogP contribution in [0.3, 0.4) is 0 Å². The molecule has 1 aromatic carbocycles. The Morgan fingerprint density at radius 1 is 1.25 bits per heavy atom. The van der Waals surface area contributed by atoms with Crippen LogP contribution in [0.25, 0.3) is 0 Å². The Balaban J connectivity index is 1.93. The first-order chi connectivity index (χ1) is 9.58. The van der Waals surface area contributed by atoms with Crippen LogP contribution >= 0.6 is 0 Å². The minimum atomic E-state index is -0.414. The molecule has 0 aliphatic carbocycles. The average molecular weight is 273 g/mol. The fraction of sp³-hybridized carbons (Fsp3) is 0.500. The van der Waals surface area contributed by atoms with Crippen molar-refractivity contribution in [3.05, 3.63) is 28.8 Å². The van der Waals surface area contributed by atoms with Crippen LogP contribution in [0, 0.1) is 13.8 Å². The summed E-state index contributed by atoms with van der Waals surface area (Å²) in [5.74, 6) is -0.800. The maximum atomic E-state index is 12.2. The number of amides is 1. The lowest BCUT2D eigenvalue weighted by atomic mass is 10.0. The number of benzene rings is 1. The lowest BCUT2D eigenvalue weighted by Crippen LogP contribution is -2.39. The number of carbonyl (C=O) groups excluding carboxylic acids is 2. The first-order valence-corrected chi connectivity index (χ1v) is 7.17. The summed E-state index contributed by atoms with van der Waals surface area (Å²) < 4.78 is 5.70. The van der Waals surface area contributed by atoms with E-state index in [4.69, 9.17) is 4.74 Å². The lowest BCUT2D eigenvalue weighted by Gasteiger charge is -2.28. The second-order valence-corrected chi connectivity index (χ2v) is 5.71. The molecule has 4 heteroatoms. The van der Waals surface area contributed by atoms with Gasteiger partial charge in [0.2, 0.25) is 0 Å². The highest BCUT2D eigenvalue weighted by atomic mass is 16.5. The largest absolute Gasteiger partial charge is 0.376 e. The SMILES string of the molecule is Cc1cc(C)c2c(c1)C(=O)C(=O)N2C[C@@H]1CCCCO1. The summed E-state index contributed by atoms with van der Waals surface area (Å²) in [6.07, 6.45) is 3.21. The molecule has 0 spiro atoms. The maximum Gasteiger partial charge on any atom is 0.299 e. The third-order valence-corrected chi connectivity index (χ3v) is 4.06. The molecule has 3 rings (SSSR count). The van der Waals surface area contributed by atoms with E-state index in [-0.39, 0.29) is 11.9 Å². The lowest BCUT2D eigenvalue weighted by molar-refractivity contribution is -0.114. The molecule has 1 amide bonds. The Labute approximate surface area is 118 Å². The number of carbonyl (C=O) groups is 2. The van der Waals surface area contributed by atoms with Crippen LogP contribution in [-0.2, 0) is 9.53 Å². The van der Waals surface area contributed by atoms with Crippen LogP contribution < -0.4 is 4.90 Å².